The van der Waals surface area contributed by atoms with Gasteiger partial charge in [0.25, 0.3) is 0 Å². The second-order valence-corrected chi connectivity index (χ2v) is 6.60. The van der Waals surface area contributed by atoms with Gasteiger partial charge in [-0.2, -0.15) is 5.10 Å². The number of hydrogen-bond donors (Lipinski definition) is 2. The SMILES string of the molecule is CN=C(NCCCn1nc(C)cc1C)NCC(OC)c1cccc(Cl)c1. The highest BCUT2D eigenvalue weighted by atomic mass is 35.5. The van der Waals surface area contributed by atoms with Gasteiger partial charge < -0.3 is 15.4 Å². The van der Waals surface area contributed by atoms with E-state index < -0.39 is 0 Å². The number of aliphatic imine (C=N–C) groups is 1. The van der Waals surface area contributed by atoms with Crippen molar-refractivity contribution in [2.24, 2.45) is 4.99 Å². The van der Waals surface area contributed by atoms with Crippen LogP contribution in [0.5, 0.6) is 0 Å². The molecule has 0 saturated heterocycles. The Morgan fingerprint density at radius 3 is 2.73 bits per heavy atom. The number of aromatic nitrogens is 2. The molecule has 1 aromatic heterocycles. The summed E-state index contributed by atoms with van der Waals surface area (Å²) in [5, 5.41) is 11.8. The summed E-state index contributed by atoms with van der Waals surface area (Å²) >= 11 is 6.06. The predicted octanol–water partition coefficient (Wildman–Crippen LogP) is 3.10. The summed E-state index contributed by atoms with van der Waals surface area (Å²) in [6.45, 7) is 6.39. The molecule has 1 aromatic carbocycles. The lowest BCUT2D eigenvalue weighted by molar-refractivity contribution is 0.106. The number of aryl methyl sites for hydroxylation is 3. The first-order valence-electron chi connectivity index (χ1n) is 8.77. The van der Waals surface area contributed by atoms with Gasteiger partial charge in [0.1, 0.15) is 0 Å². The second-order valence-electron chi connectivity index (χ2n) is 6.16. The summed E-state index contributed by atoms with van der Waals surface area (Å²) in [6.07, 6.45) is 0.868. The van der Waals surface area contributed by atoms with Crippen molar-refractivity contribution in [3.05, 3.63) is 52.3 Å². The molecule has 0 radical (unpaired) electrons. The number of methoxy groups -OCH3 is 1. The lowest BCUT2D eigenvalue weighted by Crippen LogP contribution is -2.40. The van der Waals surface area contributed by atoms with Gasteiger partial charge in [-0.15, -0.1) is 0 Å². The molecule has 0 saturated carbocycles. The van der Waals surface area contributed by atoms with Gasteiger partial charge in [-0.1, -0.05) is 23.7 Å². The summed E-state index contributed by atoms with van der Waals surface area (Å²) in [4.78, 5) is 4.26. The third-order valence-electron chi connectivity index (χ3n) is 4.13. The van der Waals surface area contributed by atoms with Crippen LogP contribution in [-0.4, -0.2) is 43.0 Å². The van der Waals surface area contributed by atoms with Crippen LogP contribution in [0.4, 0.5) is 0 Å². The van der Waals surface area contributed by atoms with E-state index in [-0.39, 0.29) is 6.10 Å². The zero-order chi connectivity index (χ0) is 18.9. The van der Waals surface area contributed by atoms with Gasteiger partial charge in [-0.3, -0.25) is 9.67 Å². The monoisotopic (exact) mass is 377 g/mol. The molecule has 0 bridgehead atoms. The zero-order valence-corrected chi connectivity index (χ0v) is 16.7. The lowest BCUT2D eigenvalue weighted by Gasteiger charge is -2.19. The average molecular weight is 378 g/mol. The molecule has 0 fully saturated rings. The second kappa shape index (κ2) is 10.2. The molecule has 2 aromatic rings. The van der Waals surface area contributed by atoms with Gasteiger partial charge in [0.2, 0.25) is 0 Å². The Morgan fingerprint density at radius 2 is 2.12 bits per heavy atom. The van der Waals surface area contributed by atoms with Crippen LogP contribution in [0.15, 0.2) is 35.3 Å². The van der Waals surface area contributed by atoms with Crippen molar-refractivity contribution in [2.45, 2.75) is 32.9 Å². The average Bonchev–Trinajstić information content (AvgIpc) is 2.94. The van der Waals surface area contributed by atoms with Gasteiger partial charge in [-0.05, 0) is 44.0 Å². The Labute approximate surface area is 160 Å². The van der Waals surface area contributed by atoms with E-state index in [1.807, 2.05) is 35.9 Å². The number of guanidine groups is 1. The van der Waals surface area contributed by atoms with Gasteiger partial charge in [-0.25, -0.2) is 0 Å². The lowest BCUT2D eigenvalue weighted by atomic mass is 10.1. The maximum atomic E-state index is 6.06. The Morgan fingerprint density at radius 1 is 1.31 bits per heavy atom. The van der Waals surface area contributed by atoms with Gasteiger partial charge in [0.15, 0.2) is 5.96 Å². The van der Waals surface area contributed by atoms with Crippen molar-refractivity contribution < 1.29 is 4.74 Å². The number of ether oxygens (including phenoxy) is 1. The molecule has 7 heteroatoms. The van der Waals surface area contributed by atoms with E-state index in [4.69, 9.17) is 16.3 Å². The fraction of sp³-hybridized carbons (Fsp3) is 0.474. The molecule has 26 heavy (non-hydrogen) atoms. The van der Waals surface area contributed by atoms with Crippen LogP contribution in [0.25, 0.3) is 0 Å². The minimum Gasteiger partial charge on any atom is -0.375 e. The molecule has 6 nitrogen and oxygen atoms in total. The van der Waals surface area contributed by atoms with Crippen LogP contribution < -0.4 is 10.6 Å². The molecule has 2 rings (SSSR count). The molecular weight excluding hydrogens is 350 g/mol. The summed E-state index contributed by atoms with van der Waals surface area (Å²) in [7, 11) is 3.45. The Hall–Kier alpha value is -2.05. The van der Waals surface area contributed by atoms with E-state index >= 15 is 0 Å². The normalized spacial score (nSPS) is 12.9. The molecule has 0 aliphatic rings. The molecule has 0 amide bonds. The van der Waals surface area contributed by atoms with Gasteiger partial charge in [0.05, 0.1) is 11.8 Å². The van der Waals surface area contributed by atoms with E-state index in [0.29, 0.717) is 11.6 Å². The number of nitrogens with zero attached hydrogens (tertiary/aromatic N) is 3. The first kappa shape index (κ1) is 20.3. The van der Waals surface area contributed by atoms with E-state index in [1.165, 1.54) is 5.69 Å². The molecule has 0 aliphatic carbocycles. The summed E-state index contributed by atoms with van der Waals surface area (Å²) in [5.41, 5.74) is 3.28. The van der Waals surface area contributed by atoms with Crippen molar-refractivity contribution >= 4 is 17.6 Å². The third-order valence-corrected chi connectivity index (χ3v) is 4.36. The zero-order valence-electron chi connectivity index (χ0n) is 15.9. The molecule has 1 unspecified atom stereocenters. The number of halogens is 1. The first-order chi connectivity index (χ1) is 12.5. The maximum Gasteiger partial charge on any atom is 0.191 e. The van der Waals surface area contributed by atoms with Crippen LogP contribution in [0.2, 0.25) is 5.02 Å². The van der Waals surface area contributed by atoms with E-state index in [2.05, 4.69) is 33.7 Å². The molecule has 0 spiro atoms. The minimum absolute atomic E-state index is 0.0954. The van der Waals surface area contributed by atoms with Crippen molar-refractivity contribution in [3.63, 3.8) is 0 Å². The smallest absolute Gasteiger partial charge is 0.191 e. The number of hydrogen-bond acceptors (Lipinski definition) is 3. The molecule has 2 N–H and O–H groups in total. The van der Waals surface area contributed by atoms with Crippen molar-refractivity contribution in [3.8, 4) is 0 Å². The van der Waals surface area contributed by atoms with Crippen molar-refractivity contribution in [1.29, 1.82) is 0 Å². The topological polar surface area (TPSA) is 63.5 Å². The first-order valence-corrected chi connectivity index (χ1v) is 9.15. The molecule has 1 heterocycles. The highest BCUT2D eigenvalue weighted by molar-refractivity contribution is 6.30. The predicted molar refractivity (Wildman–Crippen MR) is 107 cm³/mol. The van der Waals surface area contributed by atoms with Gasteiger partial charge >= 0.3 is 0 Å². The molecule has 0 aliphatic heterocycles. The summed E-state index contributed by atoms with van der Waals surface area (Å²) in [6, 6.07) is 9.80. The van der Waals surface area contributed by atoms with Gasteiger partial charge in [0, 0.05) is 44.5 Å². The largest absolute Gasteiger partial charge is 0.375 e. The number of benzene rings is 1. The Bertz CT molecular complexity index is 728. The fourth-order valence-corrected chi connectivity index (χ4v) is 2.99. The Balaban J connectivity index is 1.77. The van der Waals surface area contributed by atoms with Crippen LogP contribution in [0.1, 0.15) is 29.5 Å². The minimum atomic E-state index is -0.0954. The standard InChI is InChI=1S/C19H28ClN5O/c1-14-11-15(2)25(24-14)10-6-9-22-19(21-3)23-13-18(26-4)16-7-5-8-17(20)12-16/h5,7-8,11-12,18H,6,9-10,13H2,1-4H3,(H2,21,22,23). The van der Waals surface area contributed by atoms with Crippen LogP contribution in [0, 0.1) is 13.8 Å². The molecule has 142 valence electrons. The number of rotatable bonds is 8. The molecular formula is C19H28ClN5O. The maximum absolute atomic E-state index is 6.06. The number of nitrogens with one attached hydrogen (secondary N) is 2. The van der Waals surface area contributed by atoms with Crippen LogP contribution in [-0.2, 0) is 11.3 Å². The van der Waals surface area contributed by atoms with Crippen LogP contribution >= 0.6 is 11.6 Å². The fourth-order valence-electron chi connectivity index (χ4n) is 2.79. The Kier molecular flexibility index (Phi) is 7.94. The van der Waals surface area contributed by atoms with E-state index in [9.17, 15) is 0 Å². The van der Waals surface area contributed by atoms with Crippen molar-refractivity contribution in [2.75, 3.05) is 27.2 Å². The summed E-state index contributed by atoms with van der Waals surface area (Å²) in [5.74, 6) is 0.752. The van der Waals surface area contributed by atoms with E-state index in [0.717, 1.165) is 36.7 Å². The van der Waals surface area contributed by atoms with E-state index in [1.54, 1.807) is 14.2 Å². The third kappa shape index (κ3) is 6.04. The highest BCUT2D eigenvalue weighted by Gasteiger charge is 2.11. The quantitative estimate of drug-likeness (QED) is 0.421. The highest BCUT2D eigenvalue weighted by Crippen LogP contribution is 2.19. The van der Waals surface area contributed by atoms with Crippen LogP contribution in [0.3, 0.4) is 0 Å². The molecule has 1 atom stereocenters. The summed E-state index contributed by atoms with van der Waals surface area (Å²) < 4.78 is 7.60. The van der Waals surface area contributed by atoms with Crippen molar-refractivity contribution in [1.82, 2.24) is 20.4 Å².